The molecular formula is C22H22FN3O3. The maximum absolute atomic E-state index is 13.8. The van der Waals surface area contributed by atoms with Crippen LogP contribution in [-0.2, 0) is 0 Å². The summed E-state index contributed by atoms with van der Waals surface area (Å²) >= 11 is 0. The number of aromatic nitrogens is 1. The summed E-state index contributed by atoms with van der Waals surface area (Å²) in [6.45, 7) is 3.34. The number of aromatic amines is 1. The minimum Gasteiger partial charge on any atom is -0.497 e. The van der Waals surface area contributed by atoms with Crippen LogP contribution in [0.1, 0.15) is 26.4 Å². The summed E-state index contributed by atoms with van der Waals surface area (Å²) in [6.07, 6.45) is 0. The molecule has 0 radical (unpaired) electrons. The van der Waals surface area contributed by atoms with Gasteiger partial charge in [-0.05, 0) is 48.9 Å². The fourth-order valence-corrected chi connectivity index (χ4v) is 3.54. The monoisotopic (exact) mass is 395 g/mol. The van der Waals surface area contributed by atoms with Crippen molar-refractivity contribution < 1.29 is 18.7 Å². The average molecular weight is 395 g/mol. The number of nitrogens with zero attached hydrogens (tertiary/aromatic N) is 2. The van der Waals surface area contributed by atoms with Gasteiger partial charge in [-0.25, -0.2) is 4.39 Å². The summed E-state index contributed by atoms with van der Waals surface area (Å²) in [5.41, 5.74) is 2.21. The van der Waals surface area contributed by atoms with Gasteiger partial charge in [0, 0.05) is 42.6 Å². The van der Waals surface area contributed by atoms with E-state index in [0.29, 0.717) is 43.0 Å². The van der Waals surface area contributed by atoms with Crippen molar-refractivity contribution in [1.29, 1.82) is 0 Å². The van der Waals surface area contributed by atoms with Crippen LogP contribution < -0.4 is 4.74 Å². The molecule has 0 aliphatic carbocycles. The molecule has 29 heavy (non-hydrogen) atoms. The Morgan fingerprint density at radius 2 is 1.66 bits per heavy atom. The van der Waals surface area contributed by atoms with Gasteiger partial charge in [-0.2, -0.15) is 0 Å². The van der Waals surface area contributed by atoms with Gasteiger partial charge in [0.1, 0.15) is 17.3 Å². The quantitative estimate of drug-likeness (QED) is 0.741. The van der Waals surface area contributed by atoms with Crippen molar-refractivity contribution in [1.82, 2.24) is 14.8 Å². The Morgan fingerprint density at radius 3 is 2.31 bits per heavy atom. The van der Waals surface area contributed by atoms with E-state index in [1.165, 1.54) is 6.07 Å². The molecule has 0 bridgehead atoms. The van der Waals surface area contributed by atoms with Crippen molar-refractivity contribution in [3.05, 3.63) is 65.1 Å². The van der Waals surface area contributed by atoms with Crippen LogP contribution in [0.25, 0.3) is 10.9 Å². The van der Waals surface area contributed by atoms with Gasteiger partial charge >= 0.3 is 0 Å². The Kier molecular flexibility index (Phi) is 4.96. The maximum atomic E-state index is 13.8. The number of hydrogen-bond donors (Lipinski definition) is 1. The number of ether oxygens (including phenoxy) is 1. The zero-order valence-corrected chi connectivity index (χ0v) is 16.4. The first kappa shape index (κ1) is 19.0. The zero-order chi connectivity index (χ0) is 20.5. The number of fused-ring (bicyclic) bond motifs is 1. The molecule has 1 N–H and O–H groups in total. The van der Waals surface area contributed by atoms with E-state index in [0.717, 1.165) is 16.7 Å². The molecular weight excluding hydrogens is 373 g/mol. The Labute approximate surface area is 167 Å². The van der Waals surface area contributed by atoms with Gasteiger partial charge in [0.05, 0.1) is 7.11 Å². The number of carbonyl (C=O) groups excluding carboxylic acids is 2. The highest BCUT2D eigenvalue weighted by Gasteiger charge is 2.26. The summed E-state index contributed by atoms with van der Waals surface area (Å²) in [6, 6.07) is 11.9. The molecule has 1 fully saturated rings. The molecule has 0 saturated carbocycles. The second kappa shape index (κ2) is 7.58. The number of methoxy groups -OCH3 is 1. The highest BCUT2D eigenvalue weighted by molar-refractivity contribution is 5.99. The Morgan fingerprint density at radius 1 is 0.966 bits per heavy atom. The van der Waals surface area contributed by atoms with Crippen LogP contribution in [0.4, 0.5) is 4.39 Å². The maximum Gasteiger partial charge on any atom is 0.270 e. The number of carbonyl (C=O) groups is 2. The van der Waals surface area contributed by atoms with Crippen molar-refractivity contribution in [3.8, 4) is 5.75 Å². The number of halogens is 1. The minimum absolute atomic E-state index is 0.103. The Bertz CT molecular complexity index is 1080. The van der Waals surface area contributed by atoms with E-state index in [2.05, 4.69) is 4.98 Å². The molecule has 7 heteroatoms. The van der Waals surface area contributed by atoms with Crippen molar-refractivity contribution in [2.24, 2.45) is 0 Å². The molecule has 0 atom stereocenters. The third-order valence-electron chi connectivity index (χ3n) is 5.33. The van der Waals surface area contributed by atoms with Crippen LogP contribution in [0.5, 0.6) is 5.75 Å². The number of hydrogen-bond acceptors (Lipinski definition) is 3. The van der Waals surface area contributed by atoms with Crippen molar-refractivity contribution in [2.45, 2.75) is 6.92 Å². The lowest BCUT2D eigenvalue weighted by atomic mass is 10.1. The molecule has 2 amide bonds. The number of amides is 2. The number of H-pyrrole nitrogens is 1. The first-order chi connectivity index (χ1) is 14.0. The highest BCUT2D eigenvalue weighted by Crippen LogP contribution is 2.22. The van der Waals surface area contributed by atoms with Gasteiger partial charge in [0.2, 0.25) is 0 Å². The van der Waals surface area contributed by atoms with E-state index in [-0.39, 0.29) is 17.6 Å². The number of piperazine rings is 1. The summed E-state index contributed by atoms with van der Waals surface area (Å²) < 4.78 is 19.0. The zero-order valence-electron chi connectivity index (χ0n) is 16.4. The summed E-state index contributed by atoms with van der Waals surface area (Å²) in [5.74, 6) is 0.0256. The smallest absolute Gasteiger partial charge is 0.270 e. The molecule has 6 nitrogen and oxygen atoms in total. The summed E-state index contributed by atoms with van der Waals surface area (Å²) in [7, 11) is 1.60. The third-order valence-corrected chi connectivity index (χ3v) is 5.33. The van der Waals surface area contributed by atoms with E-state index < -0.39 is 0 Å². The molecule has 4 rings (SSSR count). The summed E-state index contributed by atoms with van der Waals surface area (Å²) in [5, 5.41) is 0.905. The van der Waals surface area contributed by atoms with Gasteiger partial charge in [-0.15, -0.1) is 0 Å². The van der Waals surface area contributed by atoms with E-state index in [9.17, 15) is 14.0 Å². The first-order valence-electron chi connectivity index (χ1n) is 9.48. The van der Waals surface area contributed by atoms with Crippen molar-refractivity contribution in [3.63, 3.8) is 0 Å². The molecule has 1 aliphatic rings. The van der Waals surface area contributed by atoms with E-state index in [4.69, 9.17) is 4.74 Å². The highest BCUT2D eigenvalue weighted by atomic mass is 19.1. The fourth-order valence-electron chi connectivity index (χ4n) is 3.54. The molecule has 150 valence electrons. The number of rotatable bonds is 3. The molecule has 0 spiro atoms. The molecule has 1 aliphatic heterocycles. The van der Waals surface area contributed by atoms with Crippen LogP contribution in [0.2, 0.25) is 0 Å². The molecule has 3 aromatic rings. The first-order valence-corrected chi connectivity index (χ1v) is 9.48. The van der Waals surface area contributed by atoms with Gasteiger partial charge in [0.15, 0.2) is 0 Å². The second-order valence-electron chi connectivity index (χ2n) is 7.18. The fraction of sp³-hybridized carbons (Fsp3) is 0.273. The normalized spacial score (nSPS) is 14.3. The summed E-state index contributed by atoms with van der Waals surface area (Å²) in [4.78, 5) is 32.0. The van der Waals surface area contributed by atoms with Crippen LogP contribution in [0, 0.1) is 12.7 Å². The standard InChI is InChI=1S/C22H22FN3O3/c1-14-3-4-15(12-18(14)23)21(27)25-7-9-26(10-8-25)22(28)20-13-16-11-17(29-2)5-6-19(16)24-20/h3-6,11-13,24H,7-10H2,1-2H3. The lowest BCUT2D eigenvalue weighted by Crippen LogP contribution is -2.50. The SMILES string of the molecule is COc1ccc2[nH]c(C(=O)N3CCN(C(=O)c4ccc(C)c(F)c4)CC3)cc2c1. The molecule has 1 aromatic heterocycles. The number of nitrogens with one attached hydrogen (secondary N) is 1. The van der Waals surface area contributed by atoms with E-state index in [1.54, 1.807) is 36.0 Å². The average Bonchev–Trinajstić information content (AvgIpc) is 3.18. The van der Waals surface area contributed by atoms with Crippen LogP contribution in [0.3, 0.4) is 0 Å². The Hall–Kier alpha value is -3.35. The van der Waals surface area contributed by atoms with Crippen LogP contribution in [0.15, 0.2) is 42.5 Å². The van der Waals surface area contributed by atoms with Crippen molar-refractivity contribution in [2.75, 3.05) is 33.3 Å². The number of aryl methyl sites for hydroxylation is 1. The minimum atomic E-state index is -0.389. The lowest BCUT2D eigenvalue weighted by molar-refractivity contribution is 0.0532. The molecule has 2 heterocycles. The van der Waals surface area contributed by atoms with Crippen molar-refractivity contribution >= 4 is 22.7 Å². The van der Waals surface area contributed by atoms with Crippen LogP contribution in [-0.4, -0.2) is 59.9 Å². The second-order valence-corrected chi connectivity index (χ2v) is 7.18. The van der Waals surface area contributed by atoms with Crippen LogP contribution >= 0.6 is 0 Å². The van der Waals surface area contributed by atoms with Gasteiger partial charge in [-0.1, -0.05) is 6.07 Å². The largest absolute Gasteiger partial charge is 0.497 e. The third kappa shape index (κ3) is 3.68. The predicted molar refractivity (Wildman–Crippen MR) is 108 cm³/mol. The van der Waals surface area contributed by atoms with E-state index in [1.807, 2.05) is 24.3 Å². The van der Waals surface area contributed by atoms with Gasteiger partial charge in [-0.3, -0.25) is 9.59 Å². The molecule has 0 unspecified atom stereocenters. The number of benzene rings is 2. The Balaban J connectivity index is 1.43. The van der Waals surface area contributed by atoms with Gasteiger partial charge < -0.3 is 19.5 Å². The molecule has 1 saturated heterocycles. The lowest BCUT2D eigenvalue weighted by Gasteiger charge is -2.34. The molecule has 2 aromatic carbocycles. The predicted octanol–water partition coefficient (Wildman–Crippen LogP) is 3.22. The van der Waals surface area contributed by atoms with Gasteiger partial charge in [0.25, 0.3) is 11.8 Å². The van der Waals surface area contributed by atoms with E-state index >= 15 is 0 Å². The topological polar surface area (TPSA) is 65.6 Å².